The van der Waals surface area contributed by atoms with Crippen LogP contribution in [0.4, 0.5) is 0 Å². The van der Waals surface area contributed by atoms with Gasteiger partial charge < -0.3 is 9.97 Å². The van der Waals surface area contributed by atoms with Crippen molar-refractivity contribution in [3.05, 3.63) is 175 Å². The van der Waals surface area contributed by atoms with Gasteiger partial charge in [-0.25, -0.2) is 23.7 Å². The van der Waals surface area contributed by atoms with Gasteiger partial charge in [-0.1, -0.05) is 48.5 Å². The Morgan fingerprint density at radius 1 is 0.356 bits per heavy atom. The van der Waals surface area contributed by atoms with Gasteiger partial charge in [0.1, 0.15) is 21.1 Å². The third kappa shape index (κ3) is 5.94. The van der Waals surface area contributed by atoms with Gasteiger partial charge in [-0.15, -0.1) is 0 Å². The zero-order valence-corrected chi connectivity index (χ0v) is 33.0. The van der Waals surface area contributed by atoms with E-state index >= 15 is 0 Å². The van der Waals surface area contributed by atoms with Gasteiger partial charge in [-0.2, -0.15) is 0 Å². The molecule has 280 valence electrons. The van der Waals surface area contributed by atoms with Gasteiger partial charge >= 0.3 is 0 Å². The zero-order chi connectivity index (χ0) is 39.6. The molecular formula is C52H40N7+3. The largest absolute Gasteiger partial charge is 0.354 e. The summed E-state index contributed by atoms with van der Waals surface area (Å²) in [7, 11) is 6.13. The molecule has 0 fully saturated rings. The van der Waals surface area contributed by atoms with Gasteiger partial charge in [-0.05, 0) is 92.9 Å². The summed E-state index contributed by atoms with van der Waals surface area (Å²) in [5.74, 6) is 0. The lowest BCUT2D eigenvalue weighted by Gasteiger charge is -2.14. The van der Waals surface area contributed by atoms with Gasteiger partial charge in [0.05, 0.1) is 22.8 Å². The van der Waals surface area contributed by atoms with E-state index in [1.807, 2.05) is 21.1 Å². The second-order valence-electron chi connectivity index (χ2n) is 15.5. The number of hydrogen-bond acceptors (Lipinski definition) is 2. The van der Waals surface area contributed by atoms with E-state index < -0.39 is 0 Å². The number of aromatic amines is 2. The average Bonchev–Trinajstić information content (AvgIpc) is 4.11. The Morgan fingerprint density at radius 3 is 1.10 bits per heavy atom. The topological polar surface area (TPSA) is 69.0 Å². The van der Waals surface area contributed by atoms with Crippen molar-refractivity contribution in [3.63, 3.8) is 0 Å². The van der Waals surface area contributed by atoms with Gasteiger partial charge in [0.2, 0.25) is 0 Å². The SMILES string of the molecule is C[n+]1ccc(-c2c3nc(c(-c4c5ccccc5cc5ccccc45)c4nc(c(-c5cc[n+](C)cc5)c5ccc([nH]5)c(-c5cc[n+](C)cc5)c5ccc2[nH]5)C=C4)C=C3)cc1. The van der Waals surface area contributed by atoms with Crippen molar-refractivity contribution in [1.82, 2.24) is 19.9 Å². The summed E-state index contributed by atoms with van der Waals surface area (Å²) >= 11 is 0. The molecule has 0 spiro atoms. The average molecular weight is 763 g/mol. The summed E-state index contributed by atoms with van der Waals surface area (Å²) in [6.45, 7) is 0. The van der Waals surface area contributed by atoms with Crippen LogP contribution in [0.2, 0.25) is 0 Å². The molecule has 0 saturated heterocycles. The number of rotatable bonds is 4. The van der Waals surface area contributed by atoms with E-state index in [1.165, 1.54) is 10.8 Å². The minimum atomic E-state index is 0.865. The normalized spacial score (nSPS) is 12.2. The first-order valence-electron chi connectivity index (χ1n) is 19.9. The molecule has 0 saturated carbocycles. The van der Waals surface area contributed by atoms with Crippen molar-refractivity contribution in [2.75, 3.05) is 0 Å². The Bertz CT molecular complexity index is 3190. The number of aromatic nitrogens is 7. The first kappa shape index (κ1) is 34.5. The Morgan fingerprint density at radius 2 is 0.695 bits per heavy atom. The highest BCUT2D eigenvalue weighted by Crippen LogP contribution is 2.43. The molecule has 8 bridgehead atoms. The van der Waals surface area contributed by atoms with Gasteiger partial charge in [0, 0.05) is 86.3 Å². The molecule has 8 heterocycles. The molecule has 11 rings (SSSR count). The number of pyridine rings is 3. The van der Waals surface area contributed by atoms with Gasteiger partial charge in [0.15, 0.2) is 37.2 Å². The van der Waals surface area contributed by atoms with Crippen molar-refractivity contribution in [2.45, 2.75) is 0 Å². The second kappa shape index (κ2) is 13.7. The van der Waals surface area contributed by atoms with Crippen molar-refractivity contribution in [1.29, 1.82) is 0 Å². The zero-order valence-electron chi connectivity index (χ0n) is 33.0. The number of aryl methyl sites for hydroxylation is 3. The third-order valence-corrected chi connectivity index (χ3v) is 11.6. The molecule has 2 N–H and O–H groups in total. The number of nitrogens with one attached hydrogen (secondary N) is 2. The maximum absolute atomic E-state index is 5.58. The molecule has 0 unspecified atom stereocenters. The molecule has 59 heavy (non-hydrogen) atoms. The van der Waals surface area contributed by atoms with Crippen LogP contribution in [-0.4, -0.2) is 19.9 Å². The number of nitrogens with zero attached hydrogens (tertiary/aromatic N) is 5. The molecular weight excluding hydrogens is 723 g/mol. The number of hydrogen-bond donors (Lipinski definition) is 2. The summed E-state index contributed by atoms with van der Waals surface area (Å²) < 4.78 is 6.18. The Kier molecular flexibility index (Phi) is 8.01. The fourth-order valence-electron chi connectivity index (χ4n) is 8.67. The van der Waals surface area contributed by atoms with E-state index in [1.54, 1.807) is 0 Å². The number of fused-ring (bicyclic) bond motifs is 10. The van der Waals surface area contributed by atoms with Gasteiger partial charge in [-0.3, -0.25) is 0 Å². The molecule has 0 radical (unpaired) electrons. The summed E-state index contributed by atoms with van der Waals surface area (Å²) in [6, 6.07) is 41.3. The minimum absolute atomic E-state index is 0.865. The van der Waals surface area contributed by atoms with Crippen LogP contribution in [0.1, 0.15) is 22.8 Å². The summed E-state index contributed by atoms with van der Waals surface area (Å²) in [6.07, 6.45) is 21.2. The van der Waals surface area contributed by atoms with Crippen LogP contribution in [0, 0.1) is 0 Å². The van der Waals surface area contributed by atoms with Crippen LogP contribution in [0.25, 0.3) is 112 Å². The Labute approximate surface area is 341 Å². The minimum Gasteiger partial charge on any atom is -0.354 e. The molecule has 2 aliphatic rings. The summed E-state index contributed by atoms with van der Waals surface area (Å²) in [5.41, 5.74) is 15.9. The quantitative estimate of drug-likeness (QED) is 0.139. The lowest BCUT2D eigenvalue weighted by Crippen LogP contribution is -2.25. The molecule has 0 amide bonds. The third-order valence-electron chi connectivity index (χ3n) is 11.6. The highest BCUT2D eigenvalue weighted by atomic mass is 14.9. The van der Waals surface area contributed by atoms with Crippen LogP contribution < -0.4 is 13.7 Å². The van der Waals surface area contributed by atoms with Gasteiger partial charge in [0.25, 0.3) is 0 Å². The van der Waals surface area contributed by atoms with Crippen molar-refractivity contribution in [2.24, 2.45) is 21.1 Å². The molecule has 7 heteroatoms. The highest BCUT2D eigenvalue weighted by molar-refractivity contribution is 6.15. The van der Waals surface area contributed by atoms with Crippen LogP contribution in [0.15, 0.2) is 152 Å². The molecule has 9 aromatic rings. The number of benzene rings is 3. The lowest BCUT2D eigenvalue weighted by molar-refractivity contribution is -0.671. The molecule has 6 aromatic heterocycles. The summed E-state index contributed by atoms with van der Waals surface area (Å²) in [4.78, 5) is 18.9. The fraction of sp³-hybridized carbons (Fsp3) is 0.0577. The molecule has 3 aromatic carbocycles. The maximum Gasteiger partial charge on any atom is 0.169 e. The fourth-order valence-corrected chi connectivity index (χ4v) is 8.67. The van der Waals surface area contributed by atoms with E-state index in [9.17, 15) is 0 Å². The monoisotopic (exact) mass is 762 g/mol. The first-order valence-corrected chi connectivity index (χ1v) is 19.9. The smallest absolute Gasteiger partial charge is 0.169 e. The van der Waals surface area contributed by atoms with Crippen LogP contribution in [-0.2, 0) is 21.1 Å². The van der Waals surface area contributed by atoms with Crippen LogP contribution in [0.3, 0.4) is 0 Å². The standard InChI is InChI=1S/C52H39N7/c1-57-26-20-33(21-27-57)48-40-12-14-42(53-40)49(34-22-28-58(2)29-23-34)44-16-18-46(55-44)52(51-38-10-6-4-8-36(38)32-37-9-5-7-11-39(37)51)47-19-17-45(56-47)50(43-15-13-41(48)54-43)35-24-30-59(3)31-25-35/h4-32H,1-3H3,(H,53,54,55,56)/q+2/p+1. The predicted octanol–water partition coefficient (Wildman–Crippen LogP) is 10.1. The molecule has 7 nitrogen and oxygen atoms in total. The molecule has 0 atom stereocenters. The Hall–Kier alpha value is -7.77. The lowest BCUT2D eigenvalue weighted by atomic mass is 9.90. The van der Waals surface area contributed by atoms with E-state index in [0.717, 1.165) is 100 Å². The van der Waals surface area contributed by atoms with Crippen molar-refractivity contribution < 1.29 is 13.7 Å². The number of H-pyrrole nitrogens is 2. The van der Waals surface area contributed by atoms with E-state index in [4.69, 9.17) is 9.97 Å². The Balaban J connectivity index is 1.35. The van der Waals surface area contributed by atoms with E-state index in [2.05, 4.69) is 200 Å². The molecule has 0 aliphatic carbocycles. The molecule has 2 aliphatic heterocycles. The highest BCUT2D eigenvalue weighted by Gasteiger charge is 2.22. The van der Waals surface area contributed by atoms with Crippen LogP contribution >= 0.6 is 0 Å². The van der Waals surface area contributed by atoms with E-state index in [-0.39, 0.29) is 0 Å². The second-order valence-corrected chi connectivity index (χ2v) is 15.5. The summed E-state index contributed by atoms with van der Waals surface area (Å²) in [5, 5.41) is 4.66. The maximum atomic E-state index is 5.58. The van der Waals surface area contributed by atoms with Crippen molar-refractivity contribution in [3.8, 4) is 44.5 Å². The van der Waals surface area contributed by atoms with E-state index in [0.29, 0.717) is 0 Å². The van der Waals surface area contributed by atoms with Crippen LogP contribution in [0.5, 0.6) is 0 Å². The van der Waals surface area contributed by atoms with Crippen molar-refractivity contribution >= 4 is 67.9 Å². The first-order chi connectivity index (χ1) is 28.9. The predicted molar refractivity (Wildman–Crippen MR) is 239 cm³/mol.